The van der Waals surface area contributed by atoms with Crippen LogP contribution in [0.5, 0.6) is 11.5 Å². The van der Waals surface area contributed by atoms with E-state index in [4.69, 9.17) is 9.47 Å². The van der Waals surface area contributed by atoms with E-state index in [1.54, 1.807) is 24.4 Å². The number of nitrogens with one attached hydrogen (secondary N) is 2. The highest BCUT2D eigenvalue weighted by Crippen LogP contribution is 2.34. The number of H-pyrrole nitrogens is 1. The summed E-state index contributed by atoms with van der Waals surface area (Å²) in [6, 6.07) is 13.0. The molecule has 1 fully saturated rings. The Morgan fingerprint density at radius 2 is 2.07 bits per heavy atom. The van der Waals surface area contributed by atoms with Crippen molar-refractivity contribution in [3.8, 4) is 11.5 Å². The number of hydrogen-bond donors (Lipinski definition) is 2. The van der Waals surface area contributed by atoms with E-state index in [0.29, 0.717) is 22.7 Å². The summed E-state index contributed by atoms with van der Waals surface area (Å²) in [6.45, 7) is 0. The molecule has 0 spiro atoms. The smallest absolute Gasteiger partial charge is 0.314 e. The first kappa shape index (κ1) is 18.0. The first-order valence-electron chi connectivity index (χ1n) is 9.51. The van der Waals surface area contributed by atoms with E-state index in [9.17, 15) is 4.79 Å². The summed E-state index contributed by atoms with van der Waals surface area (Å²) in [5.74, 6) is 0.936. The van der Waals surface area contributed by atoms with E-state index >= 15 is 0 Å². The highest BCUT2D eigenvalue weighted by Gasteiger charge is 2.32. The van der Waals surface area contributed by atoms with Crippen molar-refractivity contribution in [2.45, 2.75) is 12.8 Å². The molecule has 9 nitrogen and oxygen atoms in total. The Kier molecular flexibility index (Phi) is 4.47. The van der Waals surface area contributed by atoms with Crippen LogP contribution in [0.1, 0.15) is 18.4 Å². The molecule has 0 bridgehead atoms. The van der Waals surface area contributed by atoms with Crippen LogP contribution in [0, 0.1) is 5.92 Å². The first-order chi connectivity index (χ1) is 14.7. The van der Waals surface area contributed by atoms with Gasteiger partial charge in [0, 0.05) is 10.9 Å². The van der Waals surface area contributed by atoms with Crippen LogP contribution in [0.4, 0.5) is 5.95 Å². The van der Waals surface area contributed by atoms with Crippen LogP contribution in [0.15, 0.2) is 47.6 Å². The summed E-state index contributed by atoms with van der Waals surface area (Å²) in [5, 5.41) is 13.4. The Balaban J connectivity index is 1.31. The van der Waals surface area contributed by atoms with E-state index in [0.717, 1.165) is 29.3 Å². The second-order valence-corrected chi connectivity index (χ2v) is 6.98. The Morgan fingerprint density at radius 1 is 1.20 bits per heavy atom. The Labute approximate surface area is 171 Å². The SMILES string of the molecule is COc1cc(/C=N/Nc2nnc3c(n2)[nH]c2ccccc23)ccc1OC(=O)C1CC1. The number of benzene rings is 2. The number of para-hydroxylation sites is 1. The summed E-state index contributed by atoms with van der Waals surface area (Å²) in [4.78, 5) is 19.5. The number of aromatic nitrogens is 4. The maximum Gasteiger partial charge on any atom is 0.314 e. The van der Waals surface area contributed by atoms with E-state index < -0.39 is 0 Å². The minimum Gasteiger partial charge on any atom is -0.493 e. The van der Waals surface area contributed by atoms with Gasteiger partial charge in [0.2, 0.25) is 0 Å². The fraction of sp³-hybridized carbons (Fsp3) is 0.190. The van der Waals surface area contributed by atoms with Crippen molar-refractivity contribution in [1.29, 1.82) is 0 Å². The third-order valence-corrected chi connectivity index (χ3v) is 4.81. The number of hydrazone groups is 1. The van der Waals surface area contributed by atoms with Crippen LogP contribution >= 0.6 is 0 Å². The number of aromatic amines is 1. The molecule has 0 saturated heterocycles. The summed E-state index contributed by atoms with van der Waals surface area (Å²) >= 11 is 0. The molecule has 1 aliphatic carbocycles. The number of carbonyl (C=O) groups excluding carboxylic acids is 1. The molecule has 1 saturated carbocycles. The third kappa shape index (κ3) is 3.52. The summed E-state index contributed by atoms with van der Waals surface area (Å²) < 4.78 is 10.7. The fourth-order valence-corrected chi connectivity index (χ4v) is 3.09. The third-order valence-electron chi connectivity index (χ3n) is 4.81. The van der Waals surface area contributed by atoms with Crippen molar-refractivity contribution in [2.24, 2.45) is 11.0 Å². The monoisotopic (exact) mass is 402 g/mol. The predicted octanol–water partition coefficient (Wildman–Crippen LogP) is 3.28. The van der Waals surface area contributed by atoms with Gasteiger partial charge in [0.25, 0.3) is 5.95 Å². The van der Waals surface area contributed by atoms with Crippen LogP contribution in [-0.4, -0.2) is 39.5 Å². The maximum absolute atomic E-state index is 11.9. The average molecular weight is 402 g/mol. The standard InChI is InChI=1S/C21H18N6O3/c1-29-17-10-12(6-9-16(17)30-20(28)13-7-8-13)11-22-26-21-24-19-18(25-27-21)14-4-2-3-5-15(14)23-19/h2-6,9-11,13H,7-8H2,1H3,(H2,23,24,26,27)/b22-11+. The second-order valence-electron chi connectivity index (χ2n) is 6.98. The number of nitrogens with zero attached hydrogens (tertiary/aromatic N) is 4. The minimum atomic E-state index is -0.214. The van der Waals surface area contributed by atoms with Crippen LogP contribution in [-0.2, 0) is 4.79 Å². The normalized spacial score (nSPS) is 13.8. The van der Waals surface area contributed by atoms with Gasteiger partial charge in [0.05, 0.1) is 19.2 Å². The molecule has 150 valence electrons. The molecule has 4 aromatic rings. The van der Waals surface area contributed by atoms with Gasteiger partial charge in [-0.15, -0.1) is 10.2 Å². The van der Waals surface area contributed by atoms with E-state index in [1.165, 1.54) is 7.11 Å². The lowest BCUT2D eigenvalue weighted by atomic mass is 10.2. The summed E-state index contributed by atoms with van der Waals surface area (Å²) in [6.07, 6.45) is 3.37. The van der Waals surface area contributed by atoms with Crippen LogP contribution in [0.25, 0.3) is 22.1 Å². The second kappa shape index (κ2) is 7.43. The molecule has 0 radical (unpaired) electrons. The van der Waals surface area contributed by atoms with E-state index in [1.807, 2.05) is 24.3 Å². The maximum atomic E-state index is 11.9. The van der Waals surface area contributed by atoms with Gasteiger partial charge in [0.15, 0.2) is 17.1 Å². The van der Waals surface area contributed by atoms with E-state index in [-0.39, 0.29) is 17.8 Å². The van der Waals surface area contributed by atoms with Gasteiger partial charge in [-0.3, -0.25) is 4.79 Å². The zero-order chi connectivity index (χ0) is 20.5. The van der Waals surface area contributed by atoms with Crippen molar-refractivity contribution in [3.63, 3.8) is 0 Å². The topological polar surface area (TPSA) is 114 Å². The largest absolute Gasteiger partial charge is 0.493 e. The van der Waals surface area contributed by atoms with Crippen LogP contribution in [0.2, 0.25) is 0 Å². The lowest BCUT2D eigenvalue weighted by molar-refractivity contribution is -0.135. The minimum absolute atomic E-state index is 0.0170. The number of anilines is 1. The highest BCUT2D eigenvalue weighted by molar-refractivity contribution is 6.03. The molecule has 0 atom stereocenters. The van der Waals surface area contributed by atoms with Gasteiger partial charge in [0.1, 0.15) is 5.52 Å². The number of rotatable bonds is 6. The molecule has 0 aliphatic heterocycles. The van der Waals surface area contributed by atoms with Crippen LogP contribution < -0.4 is 14.9 Å². The average Bonchev–Trinajstić information content (AvgIpc) is 3.55. The number of hydrogen-bond acceptors (Lipinski definition) is 8. The molecule has 1 aliphatic rings. The molecular weight excluding hydrogens is 384 g/mol. The lowest BCUT2D eigenvalue weighted by Crippen LogP contribution is -2.10. The Morgan fingerprint density at radius 3 is 2.90 bits per heavy atom. The molecule has 2 aromatic carbocycles. The van der Waals surface area contributed by atoms with Crippen LogP contribution in [0.3, 0.4) is 0 Å². The van der Waals surface area contributed by atoms with Gasteiger partial charge in [-0.2, -0.15) is 10.1 Å². The molecule has 5 rings (SSSR count). The summed E-state index contributed by atoms with van der Waals surface area (Å²) in [7, 11) is 1.53. The number of methoxy groups -OCH3 is 1. The molecular formula is C21H18N6O3. The van der Waals surface area contributed by atoms with E-state index in [2.05, 4.69) is 30.7 Å². The zero-order valence-corrected chi connectivity index (χ0v) is 16.1. The van der Waals surface area contributed by atoms with Crippen molar-refractivity contribution in [1.82, 2.24) is 20.2 Å². The van der Waals surface area contributed by atoms with Gasteiger partial charge in [-0.05, 0) is 42.7 Å². The number of ether oxygens (including phenoxy) is 2. The molecule has 0 amide bonds. The molecule has 2 N–H and O–H groups in total. The molecule has 2 heterocycles. The number of esters is 1. The predicted molar refractivity (Wildman–Crippen MR) is 112 cm³/mol. The first-order valence-corrected chi connectivity index (χ1v) is 9.51. The zero-order valence-electron chi connectivity index (χ0n) is 16.1. The van der Waals surface area contributed by atoms with Gasteiger partial charge in [-0.25, -0.2) is 5.43 Å². The Hall–Kier alpha value is -4.01. The summed E-state index contributed by atoms with van der Waals surface area (Å²) in [5.41, 5.74) is 5.82. The van der Waals surface area contributed by atoms with Gasteiger partial charge in [-0.1, -0.05) is 18.2 Å². The number of carbonyl (C=O) groups is 1. The number of fused-ring (bicyclic) bond motifs is 3. The van der Waals surface area contributed by atoms with Gasteiger partial charge >= 0.3 is 5.97 Å². The highest BCUT2D eigenvalue weighted by atomic mass is 16.6. The molecule has 0 unspecified atom stereocenters. The fourth-order valence-electron chi connectivity index (χ4n) is 3.09. The Bertz CT molecular complexity index is 1280. The van der Waals surface area contributed by atoms with Crippen molar-refractivity contribution in [3.05, 3.63) is 48.0 Å². The quantitative estimate of drug-likeness (QED) is 0.220. The van der Waals surface area contributed by atoms with Crippen molar-refractivity contribution >= 4 is 40.2 Å². The van der Waals surface area contributed by atoms with Gasteiger partial charge < -0.3 is 14.5 Å². The van der Waals surface area contributed by atoms with Crippen molar-refractivity contribution < 1.29 is 14.3 Å². The lowest BCUT2D eigenvalue weighted by Gasteiger charge is -2.09. The molecule has 30 heavy (non-hydrogen) atoms. The molecule has 9 heteroatoms. The van der Waals surface area contributed by atoms with Crippen molar-refractivity contribution in [2.75, 3.05) is 12.5 Å². The molecule has 2 aromatic heterocycles.